The van der Waals surface area contributed by atoms with Gasteiger partial charge in [0.2, 0.25) is 5.91 Å². The van der Waals surface area contributed by atoms with Crippen LogP contribution in [0.15, 0.2) is 18.2 Å². The Morgan fingerprint density at radius 2 is 2.33 bits per heavy atom. The monoisotopic (exact) mass is 310 g/mol. The first-order valence-corrected chi connectivity index (χ1v) is 7.90. The highest BCUT2D eigenvalue weighted by Crippen LogP contribution is 2.51. The van der Waals surface area contributed by atoms with E-state index in [1.807, 2.05) is 11.9 Å². The van der Waals surface area contributed by atoms with Crippen LogP contribution < -0.4 is 5.32 Å². The lowest BCUT2D eigenvalue weighted by Gasteiger charge is -2.24. The molecular formula is C16H20ClFN2O. The molecule has 3 unspecified atom stereocenters. The fourth-order valence-corrected chi connectivity index (χ4v) is 3.74. The van der Waals surface area contributed by atoms with Gasteiger partial charge in [-0.15, -0.1) is 0 Å². The molecule has 3 atom stereocenters. The van der Waals surface area contributed by atoms with Crippen LogP contribution in [0.25, 0.3) is 0 Å². The predicted molar refractivity (Wildman–Crippen MR) is 80.9 cm³/mol. The zero-order valence-corrected chi connectivity index (χ0v) is 12.9. The van der Waals surface area contributed by atoms with Crippen LogP contribution in [0.2, 0.25) is 5.02 Å². The number of carbonyl (C=O) groups is 1. The summed E-state index contributed by atoms with van der Waals surface area (Å²) in [4.78, 5) is 14.6. The molecule has 2 fully saturated rings. The number of nitrogens with one attached hydrogen (secondary N) is 1. The van der Waals surface area contributed by atoms with Gasteiger partial charge in [0.25, 0.3) is 0 Å². The number of likely N-dealkylation sites (N-methyl/N-ethyl adjacent to an activating group) is 1. The van der Waals surface area contributed by atoms with Crippen LogP contribution in [0, 0.1) is 11.7 Å². The highest BCUT2D eigenvalue weighted by atomic mass is 35.5. The summed E-state index contributed by atoms with van der Waals surface area (Å²) in [6, 6.07) is 4.99. The number of carbonyl (C=O) groups excluding carboxylic acids is 1. The van der Waals surface area contributed by atoms with E-state index in [9.17, 15) is 9.18 Å². The van der Waals surface area contributed by atoms with Crippen LogP contribution in [0.3, 0.4) is 0 Å². The molecule has 1 saturated carbocycles. The van der Waals surface area contributed by atoms with Crippen LogP contribution >= 0.6 is 11.6 Å². The lowest BCUT2D eigenvalue weighted by atomic mass is 10.1. The van der Waals surface area contributed by atoms with Crippen molar-refractivity contribution in [2.75, 3.05) is 20.1 Å². The molecule has 0 spiro atoms. The lowest BCUT2D eigenvalue weighted by Crippen LogP contribution is -2.41. The van der Waals surface area contributed by atoms with E-state index in [-0.39, 0.29) is 29.6 Å². The van der Waals surface area contributed by atoms with E-state index in [1.54, 1.807) is 12.1 Å². The standard InChI is InChI=1S/C16H20ClFN2O/c1-19-9-10-4-3-7-20(10)16(21)12-8-11(12)15-13(17)5-2-6-14(15)18/h2,5-6,10-12,19H,3-4,7-9H2,1H3. The van der Waals surface area contributed by atoms with E-state index in [4.69, 9.17) is 11.6 Å². The average Bonchev–Trinajstić information content (AvgIpc) is 3.09. The first-order chi connectivity index (χ1) is 10.1. The first-order valence-electron chi connectivity index (χ1n) is 7.52. The van der Waals surface area contributed by atoms with E-state index < -0.39 is 0 Å². The van der Waals surface area contributed by atoms with E-state index >= 15 is 0 Å². The first kappa shape index (κ1) is 14.8. The number of hydrogen-bond acceptors (Lipinski definition) is 2. The fourth-order valence-electron chi connectivity index (χ4n) is 3.44. The number of nitrogens with zero attached hydrogens (tertiary/aromatic N) is 1. The number of rotatable bonds is 4. The number of likely N-dealkylation sites (tertiary alicyclic amines) is 1. The van der Waals surface area contributed by atoms with E-state index in [1.165, 1.54) is 6.07 Å². The summed E-state index contributed by atoms with van der Waals surface area (Å²) in [5.41, 5.74) is 0.516. The molecule has 2 aliphatic rings. The minimum atomic E-state index is -0.295. The molecule has 3 rings (SSSR count). The molecule has 0 aromatic heterocycles. The minimum absolute atomic E-state index is 0.0537. The zero-order valence-electron chi connectivity index (χ0n) is 12.1. The molecule has 1 aromatic carbocycles. The summed E-state index contributed by atoms with van der Waals surface area (Å²) in [5, 5.41) is 3.57. The van der Waals surface area contributed by atoms with Gasteiger partial charge < -0.3 is 10.2 Å². The van der Waals surface area contributed by atoms with Gasteiger partial charge in [0.05, 0.1) is 0 Å². The van der Waals surface area contributed by atoms with Crippen molar-refractivity contribution in [1.82, 2.24) is 10.2 Å². The maximum Gasteiger partial charge on any atom is 0.226 e. The Labute approximate surface area is 129 Å². The highest BCUT2D eigenvalue weighted by Gasteiger charge is 2.49. The normalized spacial score (nSPS) is 28.0. The molecule has 1 saturated heterocycles. The Morgan fingerprint density at radius 1 is 1.52 bits per heavy atom. The molecule has 1 aliphatic heterocycles. The highest BCUT2D eigenvalue weighted by molar-refractivity contribution is 6.31. The summed E-state index contributed by atoms with van der Waals surface area (Å²) in [6.45, 7) is 1.64. The van der Waals surface area contributed by atoms with Gasteiger partial charge in [0, 0.05) is 41.6 Å². The number of benzene rings is 1. The third-order valence-corrected chi connectivity index (χ3v) is 4.91. The number of amides is 1. The van der Waals surface area contributed by atoms with Crippen LogP contribution in [0.4, 0.5) is 4.39 Å². The molecule has 21 heavy (non-hydrogen) atoms. The summed E-state index contributed by atoms with van der Waals surface area (Å²) in [6.07, 6.45) is 2.81. The molecule has 1 amide bonds. The SMILES string of the molecule is CNCC1CCCN1C(=O)C1CC1c1c(F)cccc1Cl. The summed E-state index contributed by atoms with van der Waals surface area (Å²) < 4.78 is 13.9. The van der Waals surface area contributed by atoms with Gasteiger partial charge in [-0.2, -0.15) is 0 Å². The van der Waals surface area contributed by atoms with Crippen LogP contribution in [0.5, 0.6) is 0 Å². The van der Waals surface area contributed by atoms with Crippen molar-refractivity contribution in [3.8, 4) is 0 Å². The van der Waals surface area contributed by atoms with Crippen molar-refractivity contribution >= 4 is 17.5 Å². The minimum Gasteiger partial charge on any atom is -0.338 e. The third-order valence-electron chi connectivity index (χ3n) is 4.58. The van der Waals surface area contributed by atoms with Crippen molar-refractivity contribution in [3.05, 3.63) is 34.6 Å². The van der Waals surface area contributed by atoms with Gasteiger partial charge >= 0.3 is 0 Å². The Hall–Kier alpha value is -1.13. The molecule has 1 heterocycles. The van der Waals surface area contributed by atoms with Crippen LogP contribution in [-0.4, -0.2) is 37.0 Å². The third kappa shape index (κ3) is 2.79. The Kier molecular flexibility index (Phi) is 4.18. The van der Waals surface area contributed by atoms with Gasteiger partial charge in [0.15, 0.2) is 0 Å². The number of halogens is 2. The Morgan fingerprint density at radius 3 is 3.05 bits per heavy atom. The molecule has 0 bridgehead atoms. The molecule has 1 aromatic rings. The molecule has 3 nitrogen and oxygen atoms in total. The second kappa shape index (κ2) is 5.93. The molecule has 1 N–H and O–H groups in total. The lowest BCUT2D eigenvalue weighted by molar-refractivity contribution is -0.133. The van der Waals surface area contributed by atoms with Gasteiger partial charge in [-0.1, -0.05) is 17.7 Å². The molecule has 114 valence electrons. The summed E-state index contributed by atoms with van der Waals surface area (Å²) in [7, 11) is 1.90. The summed E-state index contributed by atoms with van der Waals surface area (Å²) in [5.74, 6) is -0.285. The van der Waals surface area contributed by atoms with Crippen LogP contribution in [-0.2, 0) is 4.79 Å². The van der Waals surface area contributed by atoms with Crippen molar-refractivity contribution < 1.29 is 9.18 Å². The smallest absolute Gasteiger partial charge is 0.226 e. The number of hydrogen-bond donors (Lipinski definition) is 1. The van der Waals surface area contributed by atoms with Crippen molar-refractivity contribution in [3.63, 3.8) is 0 Å². The molecule has 0 radical (unpaired) electrons. The van der Waals surface area contributed by atoms with Gasteiger partial charge in [-0.3, -0.25) is 4.79 Å². The van der Waals surface area contributed by atoms with Gasteiger partial charge in [-0.25, -0.2) is 4.39 Å². The van der Waals surface area contributed by atoms with Crippen molar-refractivity contribution in [1.29, 1.82) is 0 Å². The second-order valence-electron chi connectivity index (χ2n) is 5.97. The molecular weight excluding hydrogens is 291 g/mol. The predicted octanol–water partition coefficient (Wildman–Crippen LogP) is 2.79. The van der Waals surface area contributed by atoms with E-state index in [0.717, 1.165) is 25.9 Å². The summed E-state index contributed by atoms with van der Waals surface area (Å²) >= 11 is 6.10. The maximum atomic E-state index is 13.9. The largest absolute Gasteiger partial charge is 0.338 e. The van der Waals surface area contributed by atoms with E-state index in [2.05, 4.69) is 5.32 Å². The molecule has 1 aliphatic carbocycles. The Balaban J connectivity index is 1.71. The van der Waals surface area contributed by atoms with Crippen LogP contribution in [0.1, 0.15) is 30.7 Å². The Bertz CT molecular complexity index is 531. The topological polar surface area (TPSA) is 32.3 Å². The average molecular weight is 311 g/mol. The fraction of sp³-hybridized carbons (Fsp3) is 0.562. The van der Waals surface area contributed by atoms with E-state index in [0.29, 0.717) is 17.0 Å². The zero-order chi connectivity index (χ0) is 15.0. The second-order valence-corrected chi connectivity index (χ2v) is 6.38. The van der Waals surface area contributed by atoms with Gasteiger partial charge in [-0.05, 0) is 38.4 Å². The van der Waals surface area contributed by atoms with Gasteiger partial charge in [0.1, 0.15) is 5.82 Å². The van der Waals surface area contributed by atoms with Crippen molar-refractivity contribution in [2.24, 2.45) is 5.92 Å². The molecule has 5 heteroatoms. The quantitative estimate of drug-likeness (QED) is 0.927. The maximum absolute atomic E-state index is 13.9. The van der Waals surface area contributed by atoms with Crippen molar-refractivity contribution in [2.45, 2.75) is 31.2 Å².